The summed E-state index contributed by atoms with van der Waals surface area (Å²) in [7, 11) is 0. The number of halogens is 1. The highest BCUT2D eigenvalue weighted by Crippen LogP contribution is 2.12. The van der Waals surface area contributed by atoms with Crippen LogP contribution in [0.1, 0.15) is 17.7 Å². The van der Waals surface area contributed by atoms with Crippen molar-refractivity contribution in [1.82, 2.24) is 0 Å². The van der Waals surface area contributed by atoms with E-state index in [-0.39, 0.29) is 6.04 Å². The van der Waals surface area contributed by atoms with Gasteiger partial charge >= 0.3 is 0 Å². The Morgan fingerprint density at radius 1 is 1.18 bits per heavy atom. The second-order valence-corrected chi connectivity index (χ2v) is 4.65. The summed E-state index contributed by atoms with van der Waals surface area (Å²) in [4.78, 5) is 0. The highest BCUT2D eigenvalue weighted by Gasteiger charge is 2.05. The van der Waals surface area contributed by atoms with Crippen molar-refractivity contribution in [3.05, 3.63) is 59.0 Å². The van der Waals surface area contributed by atoms with E-state index in [1.165, 1.54) is 5.56 Å². The van der Waals surface area contributed by atoms with Gasteiger partial charge in [-0.3, -0.25) is 0 Å². The first-order chi connectivity index (χ1) is 8.24. The maximum Gasteiger partial charge on any atom is 0.103 e. The zero-order valence-electron chi connectivity index (χ0n) is 9.60. The Hall–Kier alpha value is -1.25. The van der Waals surface area contributed by atoms with E-state index in [1.807, 2.05) is 36.4 Å². The molecule has 3 heteroatoms. The normalized spacial score (nSPS) is 12.6. The van der Waals surface area contributed by atoms with Crippen molar-refractivity contribution in [3.8, 4) is 0 Å². The van der Waals surface area contributed by atoms with Crippen molar-refractivity contribution in [1.29, 1.82) is 0 Å². The average Bonchev–Trinajstić information content (AvgIpc) is 2.83. The molecule has 17 heavy (non-hydrogen) atoms. The summed E-state index contributed by atoms with van der Waals surface area (Å²) in [6.45, 7) is 0. The third-order valence-electron chi connectivity index (χ3n) is 2.75. The van der Waals surface area contributed by atoms with E-state index in [0.717, 1.165) is 30.0 Å². The zero-order valence-corrected chi connectivity index (χ0v) is 10.4. The Kier molecular flexibility index (Phi) is 4.24. The Morgan fingerprint density at radius 3 is 2.59 bits per heavy atom. The minimum Gasteiger partial charge on any atom is -0.469 e. The molecule has 0 saturated carbocycles. The van der Waals surface area contributed by atoms with Gasteiger partial charge in [-0.1, -0.05) is 23.7 Å². The predicted molar refractivity (Wildman–Crippen MR) is 70.2 cm³/mol. The van der Waals surface area contributed by atoms with Crippen LogP contribution in [0.15, 0.2) is 47.1 Å². The number of benzene rings is 1. The standard InChI is InChI=1S/C14H16ClNO/c15-12-5-3-11(4-6-12)10-13(16)7-8-14-2-1-9-17-14/h1-6,9,13H,7-8,10,16H2. The Bertz CT molecular complexity index is 436. The van der Waals surface area contributed by atoms with Crippen LogP contribution >= 0.6 is 11.6 Å². The summed E-state index contributed by atoms with van der Waals surface area (Å²) >= 11 is 5.83. The maximum absolute atomic E-state index is 6.09. The molecule has 0 spiro atoms. The van der Waals surface area contributed by atoms with Crippen LogP contribution in [0.4, 0.5) is 0 Å². The molecule has 0 bridgehead atoms. The quantitative estimate of drug-likeness (QED) is 0.882. The molecule has 2 aromatic rings. The van der Waals surface area contributed by atoms with Gasteiger partial charge in [0.2, 0.25) is 0 Å². The van der Waals surface area contributed by atoms with E-state index in [2.05, 4.69) is 0 Å². The van der Waals surface area contributed by atoms with Crippen molar-refractivity contribution in [2.24, 2.45) is 5.73 Å². The summed E-state index contributed by atoms with van der Waals surface area (Å²) in [5.74, 6) is 0.997. The number of furan rings is 1. The van der Waals surface area contributed by atoms with Gasteiger partial charge in [-0.25, -0.2) is 0 Å². The Balaban J connectivity index is 1.80. The lowest BCUT2D eigenvalue weighted by molar-refractivity contribution is 0.484. The van der Waals surface area contributed by atoms with Crippen LogP contribution < -0.4 is 5.73 Å². The number of aryl methyl sites for hydroxylation is 1. The summed E-state index contributed by atoms with van der Waals surface area (Å²) in [5, 5.41) is 0.762. The highest BCUT2D eigenvalue weighted by molar-refractivity contribution is 6.30. The van der Waals surface area contributed by atoms with E-state index in [4.69, 9.17) is 21.8 Å². The molecule has 0 aliphatic carbocycles. The number of hydrogen-bond acceptors (Lipinski definition) is 2. The second kappa shape index (κ2) is 5.89. The molecule has 0 amide bonds. The van der Waals surface area contributed by atoms with E-state index in [9.17, 15) is 0 Å². The zero-order chi connectivity index (χ0) is 12.1. The topological polar surface area (TPSA) is 39.2 Å². The molecule has 0 saturated heterocycles. The van der Waals surface area contributed by atoms with Crippen LogP contribution in [-0.4, -0.2) is 6.04 Å². The van der Waals surface area contributed by atoms with Crippen LogP contribution in [0, 0.1) is 0 Å². The average molecular weight is 250 g/mol. The molecule has 1 aromatic carbocycles. The summed E-state index contributed by atoms with van der Waals surface area (Å²) < 4.78 is 5.28. The molecule has 1 aromatic heterocycles. The van der Waals surface area contributed by atoms with Gasteiger partial charge in [-0.2, -0.15) is 0 Å². The second-order valence-electron chi connectivity index (χ2n) is 4.21. The first kappa shape index (κ1) is 12.2. The fraction of sp³-hybridized carbons (Fsp3) is 0.286. The molecule has 0 fully saturated rings. The predicted octanol–water partition coefficient (Wildman–Crippen LogP) is 3.44. The van der Waals surface area contributed by atoms with E-state index in [0.29, 0.717) is 0 Å². The first-order valence-corrected chi connectivity index (χ1v) is 6.14. The van der Waals surface area contributed by atoms with Crippen LogP contribution in [0.25, 0.3) is 0 Å². The summed E-state index contributed by atoms with van der Waals surface area (Å²) in [6.07, 6.45) is 4.38. The molecule has 90 valence electrons. The van der Waals surface area contributed by atoms with Crippen molar-refractivity contribution in [3.63, 3.8) is 0 Å². The van der Waals surface area contributed by atoms with Crippen molar-refractivity contribution < 1.29 is 4.42 Å². The molecule has 1 heterocycles. The van der Waals surface area contributed by atoms with Gasteiger partial charge < -0.3 is 10.2 Å². The molecule has 2 nitrogen and oxygen atoms in total. The Morgan fingerprint density at radius 2 is 1.94 bits per heavy atom. The van der Waals surface area contributed by atoms with E-state index < -0.39 is 0 Å². The number of hydrogen-bond donors (Lipinski definition) is 1. The van der Waals surface area contributed by atoms with Crippen LogP contribution in [0.5, 0.6) is 0 Å². The van der Waals surface area contributed by atoms with Crippen LogP contribution in [0.2, 0.25) is 5.02 Å². The molecule has 2 N–H and O–H groups in total. The van der Waals surface area contributed by atoms with Gasteiger partial charge in [0.15, 0.2) is 0 Å². The third-order valence-corrected chi connectivity index (χ3v) is 3.00. The third kappa shape index (κ3) is 3.91. The van der Waals surface area contributed by atoms with Gasteiger partial charge in [0.1, 0.15) is 5.76 Å². The maximum atomic E-state index is 6.09. The molecule has 0 aliphatic rings. The largest absolute Gasteiger partial charge is 0.469 e. The fourth-order valence-corrected chi connectivity index (χ4v) is 1.93. The van der Waals surface area contributed by atoms with Gasteiger partial charge in [0, 0.05) is 17.5 Å². The first-order valence-electron chi connectivity index (χ1n) is 5.76. The minimum atomic E-state index is 0.154. The van der Waals surface area contributed by atoms with Gasteiger partial charge in [0.25, 0.3) is 0 Å². The van der Waals surface area contributed by atoms with Gasteiger partial charge in [-0.15, -0.1) is 0 Å². The molecule has 0 radical (unpaired) electrons. The molecule has 1 atom stereocenters. The lowest BCUT2D eigenvalue weighted by Gasteiger charge is -2.10. The van der Waals surface area contributed by atoms with E-state index in [1.54, 1.807) is 6.26 Å². The number of nitrogens with two attached hydrogens (primary N) is 1. The summed E-state index contributed by atoms with van der Waals surface area (Å²) in [5.41, 5.74) is 7.31. The summed E-state index contributed by atoms with van der Waals surface area (Å²) in [6, 6.07) is 11.9. The smallest absolute Gasteiger partial charge is 0.103 e. The molecule has 1 unspecified atom stereocenters. The van der Waals surface area contributed by atoms with E-state index >= 15 is 0 Å². The molecule has 0 aliphatic heterocycles. The van der Waals surface area contributed by atoms with Gasteiger partial charge in [0.05, 0.1) is 6.26 Å². The SMILES string of the molecule is NC(CCc1ccco1)Cc1ccc(Cl)cc1. The van der Waals surface area contributed by atoms with Crippen LogP contribution in [-0.2, 0) is 12.8 Å². The minimum absolute atomic E-state index is 0.154. The molecular weight excluding hydrogens is 234 g/mol. The Labute approximate surface area is 106 Å². The molecule has 2 rings (SSSR count). The molecular formula is C14H16ClNO. The lowest BCUT2D eigenvalue weighted by atomic mass is 10.0. The van der Waals surface area contributed by atoms with Gasteiger partial charge in [-0.05, 0) is 42.7 Å². The van der Waals surface area contributed by atoms with Crippen molar-refractivity contribution >= 4 is 11.6 Å². The van der Waals surface area contributed by atoms with Crippen molar-refractivity contribution in [2.45, 2.75) is 25.3 Å². The monoisotopic (exact) mass is 249 g/mol. The van der Waals surface area contributed by atoms with Crippen molar-refractivity contribution in [2.75, 3.05) is 0 Å². The highest BCUT2D eigenvalue weighted by atomic mass is 35.5. The van der Waals surface area contributed by atoms with Crippen LogP contribution in [0.3, 0.4) is 0 Å². The number of rotatable bonds is 5. The lowest BCUT2D eigenvalue weighted by Crippen LogP contribution is -2.23. The fourth-order valence-electron chi connectivity index (χ4n) is 1.81.